The topological polar surface area (TPSA) is 3.88 Å². The Morgan fingerprint density at radius 1 is 0.439 bits per heavy atom. The first-order chi connectivity index (χ1) is 20.4. The summed E-state index contributed by atoms with van der Waals surface area (Å²) in [5.74, 6) is 0.634. The normalized spacial score (nSPS) is 20.0. The number of nitrogens with zero attached hydrogens (tertiary/aromatic N) is 1. The Balaban J connectivity index is 1.36. The molecule has 3 unspecified atom stereocenters. The van der Waals surface area contributed by atoms with E-state index in [1.165, 1.54) is 98.6 Å². The molecule has 41 heavy (non-hydrogen) atoms. The highest BCUT2D eigenvalue weighted by molar-refractivity contribution is 6.34. The van der Waals surface area contributed by atoms with Crippen LogP contribution in [0.4, 0.5) is 0 Å². The second kappa shape index (κ2) is 6.32. The number of fused-ring (bicyclic) bond motifs is 11. The van der Waals surface area contributed by atoms with Crippen molar-refractivity contribution in [1.82, 2.24) is 0 Å². The van der Waals surface area contributed by atoms with Crippen molar-refractivity contribution in [1.29, 1.82) is 0 Å². The fourth-order valence-electron chi connectivity index (χ4n) is 9.73. The summed E-state index contributed by atoms with van der Waals surface area (Å²) in [6, 6.07) is 44.7. The fourth-order valence-corrected chi connectivity index (χ4v) is 9.73. The van der Waals surface area contributed by atoms with E-state index in [4.69, 9.17) is 0 Å². The fraction of sp³-hybridized carbons (Fsp3) is 0.0750. The smallest absolute Gasteiger partial charge is 0.186 e. The highest BCUT2D eigenvalue weighted by Crippen LogP contribution is 2.65. The van der Waals surface area contributed by atoms with E-state index < -0.39 is 0 Å². The van der Waals surface area contributed by atoms with Crippen molar-refractivity contribution in [3.05, 3.63) is 138 Å². The Labute approximate surface area is 235 Å². The minimum atomic E-state index is 0.258. The highest BCUT2D eigenvalue weighted by atomic mass is 15.1. The van der Waals surface area contributed by atoms with Gasteiger partial charge < -0.3 is 0 Å². The average molecular weight is 517 g/mol. The molecule has 12 rings (SSSR count). The summed E-state index contributed by atoms with van der Waals surface area (Å²) in [5, 5.41) is 12.7. The summed E-state index contributed by atoms with van der Waals surface area (Å²) in [6.07, 6.45) is 0. The SMILES string of the molecule is c1ccc2c(c1)-c1cccc3c4ccccc4c4[n+](c13)C2C1c2ccc3ccc5ccc6ccc(c7c6c5c3c2-7)C41. The van der Waals surface area contributed by atoms with Crippen LogP contribution in [-0.4, -0.2) is 0 Å². The molecule has 0 saturated heterocycles. The van der Waals surface area contributed by atoms with Crippen molar-refractivity contribution in [2.45, 2.75) is 17.9 Å². The van der Waals surface area contributed by atoms with Crippen molar-refractivity contribution >= 4 is 54.0 Å². The predicted molar refractivity (Wildman–Crippen MR) is 168 cm³/mol. The Hall–Kier alpha value is -5.01. The van der Waals surface area contributed by atoms with Crippen LogP contribution in [0.1, 0.15) is 40.3 Å². The van der Waals surface area contributed by atoms with Gasteiger partial charge in [-0.05, 0) is 78.3 Å². The Morgan fingerprint density at radius 2 is 1.05 bits per heavy atom. The number of benzene rings is 7. The summed E-state index contributed by atoms with van der Waals surface area (Å²) in [6.45, 7) is 0. The van der Waals surface area contributed by atoms with Gasteiger partial charge in [-0.3, -0.25) is 0 Å². The van der Waals surface area contributed by atoms with E-state index in [0.717, 1.165) is 0 Å². The molecular formula is C40H22N+. The van der Waals surface area contributed by atoms with Crippen LogP contribution >= 0.6 is 0 Å². The van der Waals surface area contributed by atoms with Crippen molar-refractivity contribution in [3.8, 4) is 22.3 Å². The largest absolute Gasteiger partial charge is 0.221 e. The molecule has 0 spiro atoms. The van der Waals surface area contributed by atoms with E-state index >= 15 is 0 Å². The molecule has 1 nitrogen and oxygen atoms in total. The van der Waals surface area contributed by atoms with E-state index in [1.54, 1.807) is 0 Å². The van der Waals surface area contributed by atoms with Gasteiger partial charge in [-0.25, -0.2) is 0 Å². The molecule has 4 aliphatic rings. The molecule has 1 aromatic heterocycles. The Kier molecular flexibility index (Phi) is 3.08. The zero-order chi connectivity index (χ0) is 26.1. The van der Waals surface area contributed by atoms with Crippen LogP contribution in [0.3, 0.4) is 0 Å². The maximum Gasteiger partial charge on any atom is 0.221 e. The minimum Gasteiger partial charge on any atom is -0.186 e. The van der Waals surface area contributed by atoms with Crippen LogP contribution < -0.4 is 4.57 Å². The maximum atomic E-state index is 2.78. The third-order valence-corrected chi connectivity index (χ3v) is 11.0. The average Bonchev–Trinajstić information content (AvgIpc) is 3.59. The van der Waals surface area contributed by atoms with Crippen molar-refractivity contribution in [3.63, 3.8) is 0 Å². The van der Waals surface area contributed by atoms with Crippen molar-refractivity contribution in [2.75, 3.05) is 0 Å². The second-order valence-electron chi connectivity index (χ2n) is 12.5. The molecule has 2 aliphatic heterocycles. The van der Waals surface area contributed by atoms with Crippen LogP contribution in [-0.2, 0) is 0 Å². The first kappa shape index (κ1) is 20.0. The first-order valence-corrected chi connectivity index (χ1v) is 14.8. The summed E-state index contributed by atoms with van der Waals surface area (Å²) in [7, 11) is 0. The molecular weight excluding hydrogens is 494 g/mol. The van der Waals surface area contributed by atoms with E-state index in [2.05, 4.69) is 120 Å². The molecule has 0 amide bonds. The van der Waals surface area contributed by atoms with Crippen LogP contribution in [0.25, 0.3) is 76.2 Å². The number of pyridine rings is 1. The lowest BCUT2D eigenvalue weighted by Gasteiger charge is -2.31. The molecule has 7 aromatic carbocycles. The van der Waals surface area contributed by atoms with Crippen molar-refractivity contribution < 1.29 is 4.57 Å². The summed E-state index contributed by atoms with van der Waals surface area (Å²) < 4.78 is 2.78. The molecule has 0 saturated carbocycles. The van der Waals surface area contributed by atoms with E-state index in [0.29, 0.717) is 11.8 Å². The predicted octanol–water partition coefficient (Wildman–Crippen LogP) is 9.53. The van der Waals surface area contributed by atoms with Crippen LogP contribution in [0.15, 0.2) is 115 Å². The molecule has 0 fully saturated rings. The van der Waals surface area contributed by atoms with Gasteiger partial charge in [0.05, 0.1) is 28.2 Å². The molecule has 186 valence electrons. The van der Waals surface area contributed by atoms with Gasteiger partial charge >= 0.3 is 0 Å². The van der Waals surface area contributed by atoms with Gasteiger partial charge in [0.2, 0.25) is 5.52 Å². The number of rotatable bonds is 0. The first-order valence-electron chi connectivity index (χ1n) is 14.8. The quantitative estimate of drug-likeness (QED) is 0.140. The molecule has 3 heterocycles. The van der Waals surface area contributed by atoms with Crippen LogP contribution in [0.5, 0.6) is 0 Å². The number of hydrogen-bond donors (Lipinski definition) is 0. The zero-order valence-electron chi connectivity index (χ0n) is 22.1. The summed E-state index contributed by atoms with van der Waals surface area (Å²) in [4.78, 5) is 0. The lowest BCUT2D eigenvalue weighted by atomic mass is 9.67. The Bertz CT molecular complexity index is 2600. The molecule has 0 radical (unpaired) electrons. The standard InChI is InChI=1S/C40H22N/c1-3-8-27-23(6-1)25-10-5-11-26-24-7-2-4-9-28(24)40-37-30-19-17-22-15-13-20-12-14-21-16-18-29(36(37)39(27)41(40)38(25)26)34-32(21)31(20)33(22)35(30)34/h1-19,36-37,39H/q+1. The highest BCUT2D eigenvalue weighted by Gasteiger charge is 2.58. The van der Waals surface area contributed by atoms with E-state index in [1.807, 2.05) is 0 Å². The van der Waals surface area contributed by atoms with Crippen LogP contribution in [0.2, 0.25) is 0 Å². The van der Waals surface area contributed by atoms with Crippen molar-refractivity contribution in [2.24, 2.45) is 0 Å². The van der Waals surface area contributed by atoms with Gasteiger partial charge in [-0.15, -0.1) is 0 Å². The Morgan fingerprint density at radius 3 is 1.88 bits per heavy atom. The minimum absolute atomic E-state index is 0.258. The monoisotopic (exact) mass is 516 g/mol. The second-order valence-corrected chi connectivity index (χ2v) is 12.5. The number of hydrogen-bond acceptors (Lipinski definition) is 0. The molecule has 0 bridgehead atoms. The third kappa shape index (κ3) is 1.97. The van der Waals surface area contributed by atoms with E-state index in [9.17, 15) is 0 Å². The maximum absolute atomic E-state index is 2.78. The van der Waals surface area contributed by atoms with Gasteiger partial charge in [0.25, 0.3) is 0 Å². The number of aromatic nitrogens is 1. The molecule has 0 N–H and O–H groups in total. The van der Waals surface area contributed by atoms with Gasteiger partial charge in [0, 0.05) is 10.9 Å². The molecule has 3 atom stereocenters. The van der Waals surface area contributed by atoms with Gasteiger partial charge in [0.15, 0.2) is 11.7 Å². The van der Waals surface area contributed by atoms with Gasteiger partial charge in [-0.2, -0.15) is 4.57 Å². The lowest BCUT2D eigenvalue weighted by Crippen LogP contribution is -2.43. The molecule has 1 heteroatoms. The van der Waals surface area contributed by atoms with E-state index in [-0.39, 0.29) is 6.04 Å². The lowest BCUT2D eigenvalue weighted by molar-refractivity contribution is -0.683. The third-order valence-electron chi connectivity index (χ3n) is 11.0. The summed E-state index contributed by atoms with van der Waals surface area (Å²) >= 11 is 0. The summed E-state index contributed by atoms with van der Waals surface area (Å²) in [5.41, 5.74) is 13.2. The van der Waals surface area contributed by atoms with Gasteiger partial charge in [0.1, 0.15) is 0 Å². The molecule has 2 aliphatic carbocycles. The molecule has 8 aromatic rings. The van der Waals surface area contributed by atoms with Gasteiger partial charge in [-0.1, -0.05) is 97.1 Å². The van der Waals surface area contributed by atoms with Crippen LogP contribution in [0, 0.1) is 0 Å². The zero-order valence-corrected chi connectivity index (χ0v) is 22.1. The number of para-hydroxylation sites is 1.